The third-order valence-corrected chi connectivity index (χ3v) is 4.86. The van der Waals surface area contributed by atoms with Crippen LogP contribution in [-0.4, -0.2) is 52.8 Å². The normalized spacial score (nSPS) is 29.2. The molecule has 0 bridgehead atoms. The van der Waals surface area contributed by atoms with E-state index in [-0.39, 0.29) is 0 Å². The van der Waals surface area contributed by atoms with Crippen LogP contribution in [0.4, 0.5) is 0 Å². The lowest BCUT2D eigenvalue weighted by Gasteiger charge is -2.42. The molecule has 2 aliphatic rings. The maximum atomic E-state index is 10.0. The molecule has 2 heterocycles. The monoisotopic (exact) mass is 230 g/mol. The zero-order valence-corrected chi connectivity index (χ0v) is 10.1. The summed E-state index contributed by atoms with van der Waals surface area (Å²) in [5.74, 6) is 2.62. The Morgan fingerprint density at radius 2 is 1.87 bits per heavy atom. The highest BCUT2D eigenvalue weighted by molar-refractivity contribution is 7.99. The molecular weight excluding hydrogens is 208 g/mol. The van der Waals surface area contributed by atoms with Crippen LogP contribution in [0.25, 0.3) is 0 Å². The molecule has 0 radical (unpaired) electrons. The highest BCUT2D eigenvalue weighted by Crippen LogP contribution is 2.27. The average Bonchev–Trinajstić information content (AvgIpc) is 2.31. The summed E-state index contributed by atoms with van der Waals surface area (Å²) in [7, 11) is 0. The molecule has 0 aliphatic carbocycles. The molecule has 0 spiro atoms. The molecule has 0 atom stereocenters. The summed E-state index contributed by atoms with van der Waals surface area (Å²) < 4.78 is 0. The first-order valence-electron chi connectivity index (χ1n) is 5.98. The van der Waals surface area contributed by atoms with Gasteiger partial charge in [-0.1, -0.05) is 0 Å². The van der Waals surface area contributed by atoms with Crippen molar-refractivity contribution < 1.29 is 5.11 Å². The number of rotatable bonds is 2. The van der Waals surface area contributed by atoms with Crippen LogP contribution >= 0.6 is 11.8 Å². The molecule has 0 unspecified atom stereocenters. The van der Waals surface area contributed by atoms with E-state index < -0.39 is 5.60 Å². The third kappa shape index (κ3) is 2.87. The first-order valence-corrected chi connectivity index (χ1v) is 7.13. The van der Waals surface area contributed by atoms with E-state index in [1.54, 1.807) is 0 Å². The minimum Gasteiger partial charge on any atom is -0.388 e. The summed E-state index contributed by atoms with van der Waals surface area (Å²) in [5, 5.41) is 10.0. The van der Waals surface area contributed by atoms with Gasteiger partial charge < -0.3 is 15.7 Å². The zero-order chi connectivity index (χ0) is 10.7. The van der Waals surface area contributed by atoms with Gasteiger partial charge >= 0.3 is 0 Å². The van der Waals surface area contributed by atoms with Crippen LogP contribution in [0, 0.1) is 0 Å². The lowest BCUT2D eigenvalue weighted by Crippen LogP contribution is -2.52. The number of nitrogens with two attached hydrogens (primary N) is 1. The Balaban J connectivity index is 1.82. The van der Waals surface area contributed by atoms with Gasteiger partial charge in [0.25, 0.3) is 0 Å². The Labute approximate surface area is 96.4 Å². The SMILES string of the molecule is NCC1(O)CCN(C2CCSCC2)CC1. The molecule has 4 heteroatoms. The van der Waals surface area contributed by atoms with E-state index in [0.29, 0.717) is 6.54 Å². The summed E-state index contributed by atoms with van der Waals surface area (Å²) in [6.07, 6.45) is 4.36. The predicted octanol–water partition coefficient (Wildman–Crippen LogP) is 0.668. The second-order valence-corrected chi connectivity index (χ2v) is 6.03. The summed E-state index contributed by atoms with van der Waals surface area (Å²) in [6.45, 7) is 2.48. The largest absolute Gasteiger partial charge is 0.388 e. The smallest absolute Gasteiger partial charge is 0.0793 e. The minimum absolute atomic E-state index is 0.418. The summed E-state index contributed by atoms with van der Waals surface area (Å²) in [5.41, 5.74) is 5.02. The molecular formula is C11H22N2OS. The van der Waals surface area contributed by atoms with Crippen molar-refractivity contribution in [2.24, 2.45) is 5.73 Å². The van der Waals surface area contributed by atoms with Gasteiger partial charge in [0.05, 0.1) is 5.60 Å². The van der Waals surface area contributed by atoms with Crippen LogP contribution in [0.1, 0.15) is 25.7 Å². The molecule has 3 nitrogen and oxygen atoms in total. The van der Waals surface area contributed by atoms with Crippen LogP contribution in [-0.2, 0) is 0 Å². The predicted molar refractivity (Wildman–Crippen MR) is 65.2 cm³/mol. The second-order valence-electron chi connectivity index (χ2n) is 4.81. The zero-order valence-electron chi connectivity index (χ0n) is 9.32. The first-order chi connectivity index (χ1) is 7.23. The lowest BCUT2D eigenvalue weighted by molar-refractivity contribution is -0.0246. The molecule has 15 heavy (non-hydrogen) atoms. The van der Waals surface area contributed by atoms with Crippen molar-refractivity contribution >= 4 is 11.8 Å². The van der Waals surface area contributed by atoms with Crippen LogP contribution < -0.4 is 5.73 Å². The topological polar surface area (TPSA) is 49.5 Å². The van der Waals surface area contributed by atoms with Gasteiger partial charge in [0, 0.05) is 25.7 Å². The van der Waals surface area contributed by atoms with Crippen LogP contribution in [0.2, 0.25) is 0 Å². The van der Waals surface area contributed by atoms with E-state index in [1.807, 2.05) is 0 Å². The highest BCUT2D eigenvalue weighted by Gasteiger charge is 2.33. The standard InChI is InChI=1S/C11H22N2OS/c12-9-11(14)3-5-13(6-4-11)10-1-7-15-8-2-10/h10,14H,1-9,12H2. The number of hydrogen-bond donors (Lipinski definition) is 2. The quantitative estimate of drug-likeness (QED) is 0.732. The summed E-state index contributed by atoms with van der Waals surface area (Å²) >= 11 is 2.07. The molecule has 2 rings (SSSR count). The molecule has 2 aliphatic heterocycles. The van der Waals surface area contributed by atoms with E-state index in [1.165, 1.54) is 24.3 Å². The van der Waals surface area contributed by atoms with Crippen LogP contribution in [0.15, 0.2) is 0 Å². The molecule has 0 amide bonds. The molecule has 0 saturated carbocycles. The van der Waals surface area contributed by atoms with Gasteiger partial charge in [0.1, 0.15) is 0 Å². The molecule has 0 aromatic heterocycles. The van der Waals surface area contributed by atoms with Crippen LogP contribution in [0.5, 0.6) is 0 Å². The fourth-order valence-electron chi connectivity index (χ4n) is 2.56. The Morgan fingerprint density at radius 1 is 1.27 bits per heavy atom. The van der Waals surface area contributed by atoms with Crippen molar-refractivity contribution in [2.45, 2.75) is 37.3 Å². The molecule has 2 fully saturated rings. The first kappa shape index (κ1) is 11.7. The van der Waals surface area contributed by atoms with E-state index in [0.717, 1.165) is 32.0 Å². The highest BCUT2D eigenvalue weighted by atomic mass is 32.2. The molecule has 0 aromatic carbocycles. The molecule has 0 aromatic rings. The van der Waals surface area contributed by atoms with Gasteiger partial charge in [0.2, 0.25) is 0 Å². The van der Waals surface area contributed by atoms with Crippen molar-refractivity contribution in [1.29, 1.82) is 0 Å². The number of thioether (sulfide) groups is 1. The number of hydrogen-bond acceptors (Lipinski definition) is 4. The Hall–Kier alpha value is 0.230. The van der Waals surface area contributed by atoms with Gasteiger partial charge in [-0.25, -0.2) is 0 Å². The fourth-order valence-corrected chi connectivity index (χ4v) is 3.64. The van der Waals surface area contributed by atoms with Crippen molar-refractivity contribution in [3.63, 3.8) is 0 Å². The van der Waals surface area contributed by atoms with Gasteiger partial charge in [-0.3, -0.25) is 0 Å². The number of nitrogens with zero attached hydrogens (tertiary/aromatic N) is 1. The van der Waals surface area contributed by atoms with E-state index in [9.17, 15) is 5.11 Å². The van der Waals surface area contributed by atoms with Gasteiger partial charge in [-0.2, -0.15) is 11.8 Å². The van der Waals surface area contributed by atoms with Gasteiger partial charge in [-0.05, 0) is 37.2 Å². The molecule has 3 N–H and O–H groups in total. The maximum Gasteiger partial charge on any atom is 0.0793 e. The second kappa shape index (κ2) is 5.04. The molecule has 2 saturated heterocycles. The van der Waals surface area contributed by atoms with Crippen molar-refractivity contribution in [3.8, 4) is 0 Å². The third-order valence-electron chi connectivity index (χ3n) is 3.82. The van der Waals surface area contributed by atoms with Gasteiger partial charge in [-0.15, -0.1) is 0 Å². The van der Waals surface area contributed by atoms with Crippen molar-refractivity contribution in [1.82, 2.24) is 4.90 Å². The van der Waals surface area contributed by atoms with Crippen molar-refractivity contribution in [3.05, 3.63) is 0 Å². The maximum absolute atomic E-state index is 10.0. The van der Waals surface area contributed by atoms with Crippen LogP contribution in [0.3, 0.4) is 0 Å². The average molecular weight is 230 g/mol. The number of aliphatic hydroxyl groups is 1. The summed E-state index contributed by atoms with van der Waals surface area (Å²) in [4.78, 5) is 2.56. The fraction of sp³-hybridized carbons (Fsp3) is 1.00. The van der Waals surface area contributed by atoms with E-state index in [4.69, 9.17) is 5.73 Å². The van der Waals surface area contributed by atoms with E-state index >= 15 is 0 Å². The number of likely N-dealkylation sites (tertiary alicyclic amines) is 1. The number of piperidine rings is 1. The van der Waals surface area contributed by atoms with E-state index in [2.05, 4.69) is 16.7 Å². The Bertz CT molecular complexity index is 199. The Kier molecular flexibility index (Phi) is 3.93. The Morgan fingerprint density at radius 3 is 2.40 bits per heavy atom. The summed E-state index contributed by atoms with van der Waals surface area (Å²) in [6, 6.07) is 0.772. The van der Waals surface area contributed by atoms with Crippen molar-refractivity contribution in [2.75, 3.05) is 31.1 Å². The minimum atomic E-state index is -0.570. The molecule has 88 valence electrons. The lowest BCUT2D eigenvalue weighted by atomic mass is 9.90. The van der Waals surface area contributed by atoms with Gasteiger partial charge in [0.15, 0.2) is 0 Å².